The van der Waals surface area contributed by atoms with E-state index in [4.69, 9.17) is 0 Å². The maximum atomic E-state index is 11.3. The fourth-order valence-corrected chi connectivity index (χ4v) is 1.02. The molecule has 0 fully saturated rings. The van der Waals surface area contributed by atoms with Crippen LogP contribution in [0.15, 0.2) is 0 Å². The molecule has 72 valence electrons. The Bertz CT molecular complexity index is 134. The number of rotatable bonds is 5. The van der Waals surface area contributed by atoms with Crippen molar-refractivity contribution < 1.29 is 4.79 Å². The zero-order valence-corrected chi connectivity index (χ0v) is 8.63. The van der Waals surface area contributed by atoms with Gasteiger partial charge in [0.1, 0.15) is 0 Å². The monoisotopic (exact) mass is 172 g/mol. The fraction of sp³-hybridized carbons (Fsp3) is 0.889. The second kappa shape index (κ2) is 6.00. The van der Waals surface area contributed by atoms with Gasteiger partial charge in [-0.1, -0.05) is 13.3 Å². The first-order valence-corrected chi connectivity index (χ1v) is 4.46. The largest absolute Gasteiger partial charge is 0.333 e. The molecule has 0 N–H and O–H groups in total. The Morgan fingerprint density at radius 2 is 1.83 bits per heavy atom. The van der Waals surface area contributed by atoms with E-state index >= 15 is 0 Å². The molecule has 0 bridgehead atoms. The molecule has 0 spiro atoms. The lowest BCUT2D eigenvalue weighted by Gasteiger charge is -2.21. The van der Waals surface area contributed by atoms with E-state index in [1.165, 1.54) is 0 Å². The molecule has 0 aromatic heterocycles. The number of unbranched alkanes of at least 4 members (excludes halogenated alkanes) is 1. The number of amides is 1. The molecule has 0 heterocycles. The zero-order chi connectivity index (χ0) is 9.56. The summed E-state index contributed by atoms with van der Waals surface area (Å²) in [5, 5.41) is 0. The number of carbonyl (C=O) groups excluding carboxylic acids is 1. The summed E-state index contributed by atoms with van der Waals surface area (Å²) in [7, 11) is 5.77. The highest BCUT2D eigenvalue weighted by Gasteiger charge is 2.07. The second-order valence-electron chi connectivity index (χ2n) is 3.42. The topological polar surface area (TPSA) is 23.6 Å². The van der Waals surface area contributed by atoms with Crippen LogP contribution in [-0.2, 0) is 4.79 Å². The predicted octanol–water partition coefficient (Wildman–Crippen LogP) is 1.15. The van der Waals surface area contributed by atoms with E-state index in [1.54, 1.807) is 4.90 Å². The molecule has 0 aromatic carbocycles. The summed E-state index contributed by atoms with van der Waals surface area (Å²) in [5.41, 5.74) is 0. The molecule has 0 aliphatic carbocycles. The van der Waals surface area contributed by atoms with E-state index in [9.17, 15) is 4.79 Å². The molecule has 3 nitrogen and oxygen atoms in total. The quantitative estimate of drug-likeness (QED) is 0.581. The lowest BCUT2D eigenvalue weighted by atomic mass is 10.2. The van der Waals surface area contributed by atoms with Gasteiger partial charge in [0.05, 0.1) is 6.67 Å². The van der Waals surface area contributed by atoms with Crippen molar-refractivity contribution in [3.8, 4) is 0 Å². The summed E-state index contributed by atoms with van der Waals surface area (Å²) in [5.74, 6) is 0.241. The van der Waals surface area contributed by atoms with Crippen LogP contribution in [0.3, 0.4) is 0 Å². The van der Waals surface area contributed by atoms with Gasteiger partial charge in [0.15, 0.2) is 0 Å². The van der Waals surface area contributed by atoms with Gasteiger partial charge in [-0.15, -0.1) is 0 Å². The smallest absolute Gasteiger partial charge is 0.223 e. The Balaban J connectivity index is 3.61. The van der Waals surface area contributed by atoms with Crippen LogP contribution in [0.4, 0.5) is 0 Å². The molecule has 0 aliphatic rings. The molecule has 0 aliphatic heterocycles. The van der Waals surface area contributed by atoms with Gasteiger partial charge in [0.25, 0.3) is 0 Å². The van der Waals surface area contributed by atoms with Crippen molar-refractivity contribution in [3.63, 3.8) is 0 Å². The van der Waals surface area contributed by atoms with Crippen molar-refractivity contribution >= 4 is 5.91 Å². The van der Waals surface area contributed by atoms with Crippen LogP contribution in [0, 0.1) is 0 Å². The third-order valence-electron chi connectivity index (χ3n) is 1.66. The number of carbonyl (C=O) groups is 1. The standard InChI is InChI=1S/C9H20N2O/c1-5-6-7-9(12)11(4)8-10(2)3/h5-8H2,1-4H3. The summed E-state index contributed by atoms with van der Waals surface area (Å²) in [6.45, 7) is 2.81. The lowest BCUT2D eigenvalue weighted by molar-refractivity contribution is -0.131. The summed E-state index contributed by atoms with van der Waals surface area (Å²) in [6.07, 6.45) is 2.76. The SMILES string of the molecule is CCCCC(=O)N(C)CN(C)C. The first kappa shape index (κ1) is 11.4. The highest BCUT2D eigenvalue weighted by atomic mass is 16.2. The average molecular weight is 172 g/mol. The van der Waals surface area contributed by atoms with Gasteiger partial charge in [-0.05, 0) is 20.5 Å². The minimum absolute atomic E-state index is 0.241. The fourth-order valence-electron chi connectivity index (χ4n) is 1.02. The molecular weight excluding hydrogens is 152 g/mol. The molecule has 12 heavy (non-hydrogen) atoms. The van der Waals surface area contributed by atoms with Crippen molar-refractivity contribution in [3.05, 3.63) is 0 Å². The number of nitrogens with zero attached hydrogens (tertiary/aromatic N) is 2. The van der Waals surface area contributed by atoms with Crippen LogP contribution >= 0.6 is 0 Å². The minimum Gasteiger partial charge on any atom is -0.333 e. The lowest BCUT2D eigenvalue weighted by Crippen LogP contribution is -2.35. The van der Waals surface area contributed by atoms with Gasteiger partial charge in [-0.3, -0.25) is 9.69 Å². The minimum atomic E-state index is 0.241. The Morgan fingerprint density at radius 1 is 1.25 bits per heavy atom. The molecular formula is C9H20N2O. The van der Waals surface area contributed by atoms with E-state index in [2.05, 4.69) is 6.92 Å². The van der Waals surface area contributed by atoms with Crippen LogP contribution < -0.4 is 0 Å². The predicted molar refractivity (Wildman–Crippen MR) is 50.8 cm³/mol. The molecule has 0 saturated heterocycles. The number of hydrogen-bond donors (Lipinski definition) is 0. The van der Waals surface area contributed by atoms with Crippen molar-refractivity contribution in [1.82, 2.24) is 9.80 Å². The van der Waals surface area contributed by atoms with Gasteiger partial charge in [-0.2, -0.15) is 0 Å². The van der Waals surface area contributed by atoms with Gasteiger partial charge >= 0.3 is 0 Å². The zero-order valence-electron chi connectivity index (χ0n) is 8.63. The first-order chi connectivity index (χ1) is 5.57. The average Bonchev–Trinajstić information content (AvgIpc) is 1.98. The Kier molecular flexibility index (Phi) is 5.72. The maximum absolute atomic E-state index is 11.3. The van der Waals surface area contributed by atoms with E-state index in [1.807, 2.05) is 26.0 Å². The summed E-state index contributed by atoms with van der Waals surface area (Å²) >= 11 is 0. The van der Waals surface area contributed by atoms with Crippen LogP contribution in [0.1, 0.15) is 26.2 Å². The molecule has 0 unspecified atom stereocenters. The van der Waals surface area contributed by atoms with E-state index < -0.39 is 0 Å². The van der Waals surface area contributed by atoms with Gasteiger partial charge in [-0.25, -0.2) is 0 Å². The molecule has 3 heteroatoms. The van der Waals surface area contributed by atoms with Crippen LogP contribution in [0.25, 0.3) is 0 Å². The Labute approximate surface area is 75.3 Å². The molecule has 0 aromatic rings. The van der Waals surface area contributed by atoms with Crippen molar-refractivity contribution in [1.29, 1.82) is 0 Å². The molecule has 1 amide bonds. The second-order valence-corrected chi connectivity index (χ2v) is 3.42. The van der Waals surface area contributed by atoms with E-state index in [0.29, 0.717) is 13.1 Å². The van der Waals surface area contributed by atoms with E-state index in [-0.39, 0.29) is 5.91 Å². The Morgan fingerprint density at radius 3 is 2.25 bits per heavy atom. The van der Waals surface area contributed by atoms with Gasteiger partial charge in [0, 0.05) is 13.5 Å². The molecule has 0 saturated carbocycles. The Hall–Kier alpha value is -0.570. The molecule has 0 radical (unpaired) electrons. The van der Waals surface area contributed by atoms with Crippen LogP contribution in [0.2, 0.25) is 0 Å². The van der Waals surface area contributed by atoms with Crippen molar-refractivity contribution in [2.75, 3.05) is 27.8 Å². The summed E-state index contributed by atoms with van der Waals surface area (Å²) < 4.78 is 0. The van der Waals surface area contributed by atoms with Gasteiger partial charge < -0.3 is 4.90 Å². The van der Waals surface area contributed by atoms with Gasteiger partial charge in [0.2, 0.25) is 5.91 Å². The first-order valence-electron chi connectivity index (χ1n) is 4.46. The highest BCUT2D eigenvalue weighted by Crippen LogP contribution is 1.98. The summed E-state index contributed by atoms with van der Waals surface area (Å²) in [4.78, 5) is 15.1. The third-order valence-corrected chi connectivity index (χ3v) is 1.66. The van der Waals surface area contributed by atoms with Crippen molar-refractivity contribution in [2.45, 2.75) is 26.2 Å². The normalized spacial score (nSPS) is 10.4. The van der Waals surface area contributed by atoms with E-state index in [0.717, 1.165) is 12.8 Å². The number of hydrogen-bond acceptors (Lipinski definition) is 2. The van der Waals surface area contributed by atoms with Crippen LogP contribution in [-0.4, -0.2) is 43.5 Å². The van der Waals surface area contributed by atoms with Crippen molar-refractivity contribution in [2.24, 2.45) is 0 Å². The maximum Gasteiger partial charge on any atom is 0.223 e. The summed E-state index contributed by atoms with van der Waals surface area (Å²) in [6, 6.07) is 0. The molecule has 0 rings (SSSR count). The third kappa shape index (κ3) is 5.13. The molecule has 0 atom stereocenters. The highest BCUT2D eigenvalue weighted by molar-refractivity contribution is 5.75. The van der Waals surface area contributed by atoms with Crippen LogP contribution in [0.5, 0.6) is 0 Å².